The summed E-state index contributed by atoms with van der Waals surface area (Å²) in [4.78, 5) is 25.2. The lowest BCUT2D eigenvalue weighted by atomic mass is 9.85. The smallest absolute Gasteiger partial charge is 0.407 e. The third-order valence-corrected chi connectivity index (χ3v) is 6.47. The highest BCUT2D eigenvalue weighted by molar-refractivity contribution is 6.33. The summed E-state index contributed by atoms with van der Waals surface area (Å²) in [7, 11) is 0. The fraction of sp³-hybridized carbons (Fsp3) is 0.346. The van der Waals surface area contributed by atoms with Gasteiger partial charge in [-0.15, -0.1) is 0 Å². The average molecular weight is 500 g/mol. The number of carbonyl (C=O) groups is 2. The van der Waals surface area contributed by atoms with E-state index in [-0.39, 0.29) is 52.1 Å². The van der Waals surface area contributed by atoms with Crippen LogP contribution in [0.3, 0.4) is 0 Å². The van der Waals surface area contributed by atoms with E-state index in [4.69, 9.17) is 20.9 Å². The summed E-state index contributed by atoms with van der Waals surface area (Å²) in [5.41, 5.74) is 1.21. The van der Waals surface area contributed by atoms with Crippen LogP contribution in [0.2, 0.25) is 5.02 Å². The number of hydrogen-bond donors (Lipinski definition) is 2. The van der Waals surface area contributed by atoms with E-state index in [0.717, 1.165) is 24.8 Å². The van der Waals surface area contributed by atoms with E-state index >= 15 is 0 Å². The molecule has 1 aliphatic rings. The number of carbonyl (C=O) groups excluding carboxylic acids is 2. The minimum Gasteiger partial charge on any atom is -0.445 e. The topological polar surface area (TPSA) is 93.5 Å². The number of rotatable bonds is 7. The molecule has 0 radical (unpaired) electrons. The quantitative estimate of drug-likeness (QED) is 0.437. The Bertz CT molecular complexity index is 1160. The van der Waals surface area contributed by atoms with Crippen LogP contribution in [0.5, 0.6) is 0 Å². The molecule has 1 saturated carbocycles. The first kappa shape index (κ1) is 24.7. The average Bonchev–Trinajstić information content (AvgIpc) is 3.23. The van der Waals surface area contributed by atoms with Gasteiger partial charge >= 0.3 is 6.09 Å². The Morgan fingerprint density at radius 3 is 2.74 bits per heavy atom. The van der Waals surface area contributed by atoms with E-state index in [0.29, 0.717) is 13.0 Å². The van der Waals surface area contributed by atoms with Gasteiger partial charge in [-0.05, 0) is 49.8 Å². The molecule has 0 spiro atoms. The molecule has 2 N–H and O–H groups in total. The number of aromatic nitrogens is 1. The van der Waals surface area contributed by atoms with Gasteiger partial charge in [0.1, 0.15) is 29.4 Å². The molecule has 0 saturated heterocycles. The molecule has 2 amide bonds. The summed E-state index contributed by atoms with van der Waals surface area (Å²) in [6.45, 7) is 2.28. The number of alkyl carbamates (subject to hydrolysis) is 1. The molecule has 3 aromatic rings. The van der Waals surface area contributed by atoms with E-state index in [1.165, 1.54) is 18.2 Å². The van der Waals surface area contributed by atoms with Crippen molar-refractivity contribution in [3.05, 3.63) is 76.3 Å². The molecule has 0 bridgehead atoms. The van der Waals surface area contributed by atoms with Crippen LogP contribution < -0.4 is 10.6 Å². The molecule has 1 aliphatic carbocycles. The molecule has 35 heavy (non-hydrogen) atoms. The maximum Gasteiger partial charge on any atom is 0.407 e. The summed E-state index contributed by atoms with van der Waals surface area (Å²) >= 11 is 6.18. The SMILES string of the molecule is Cc1onc(-c2c(F)cccc2Cl)c1C(=O)NC1CCCC(CNC(=O)OCc2ccccc2)C1. The fourth-order valence-corrected chi connectivity index (χ4v) is 4.65. The van der Waals surface area contributed by atoms with Gasteiger partial charge in [-0.2, -0.15) is 0 Å². The van der Waals surface area contributed by atoms with Gasteiger partial charge in [0.2, 0.25) is 0 Å². The number of nitrogens with one attached hydrogen (secondary N) is 2. The molecular weight excluding hydrogens is 473 g/mol. The number of ether oxygens (including phenoxy) is 1. The van der Waals surface area contributed by atoms with Crippen molar-refractivity contribution in [1.82, 2.24) is 15.8 Å². The number of hydrogen-bond acceptors (Lipinski definition) is 5. The number of halogens is 2. The van der Waals surface area contributed by atoms with Gasteiger partial charge in [0.25, 0.3) is 5.91 Å². The van der Waals surface area contributed by atoms with E-state index in [1.54, 1.807) is 6.92 Å². The lowest BCUT2D eigenvalue weighted by Gasteiger charge is -2.29. The second-order valence-electron chi connectivity index (χ2n) is 8.70. The highest BCUT2D eigenvalue weighted by Crippen LogP contribution is 2.34. The van der Waals surface area contributed by atoms with Crippen molar-refractivity contribution in [2.45, 2.75) is 45.3 Å². The summed E-state index contributed by atoms with van der Waals surface area (Å²) in [5, 5.41) is 9.90. The lowest BCUT2D eigenvalue weighted by molar-refractivity contribution is 0.0916. The molecule has 1 heterocycles. The molecule has 1 fully saturated rings. The van der Waals surface area contributed by atoms with Crippen LogP contribution in [0.25, 0.3) is 11.3 Å². The minimum absolute atomic E-state index is 0.0379. The zero-order chi connectivity index (χ0) is 24.8. The van der Waals surface area contributed by atoms with Crippen molar-refractivity contribution >= 4 is 23.6 Å². The van der Waals surface area contributed by atoms with Crippen LogP contribution in [0.1, 0.15) is 47.4 Å². The lowest BCUT2D eigenvalue weighted by Crippen LogP contribution is -2.41. The molecule has 7 nitrogen and oxygen atoms in total. The Kier molecular flexibility index (Phi) is 8.02. The van der Waals surface area contributed by atoms with Gasteiger partial charge in [0.15, 0.2) is 0 Å². The molecule has 0 aliphatic heterocycles. The molecule has 2 unspecified atom stereocenters. The predicted octanol–water partition coefficient (Wildman–Crippen LogP) is 5.66. The van der Waals surface area contributed by atoms with Crippen molar-refractivity contribution in [2.75, 3.05) is 6.54 Å². The predicted molar refractivity (Wildman–Crippen MR) is 129 cm³/mol. The highest BCUT2D eigenvalue weighted by atomic mass is 35.5. The van der Waals surface area contributed by atoms with Crippen LogP contribution in [0.15, 0.2) is 53.1 Å². The second kappa shape index (κ2) is 11.4. The molecule has 2 aromatic carbocycles. The molecule has 4 rings (SSSR count). The fourth-order valence-electron chi connectivity index (χ4n) is 4.40. The Balaban J connectivity index is 1.33. The van der Waals surface area contributed by atoms with Crippen LogP contribution in [-0.2, 0) is 11.3 Å². The van der Waals surface area contributed by atoms with Gasteiger partial charge in [0, 0.05) is 12.6 Å². The van der Waals surface area contributed by atoms with Gasteiger partial charge in [-0.1, -0.05) is 59.6 Å². The Labute approximate surface area is 208 Å². The molecule has 184 valence electrons. The number of benzene rings is 2. The van der Waals surface area contributed by atoms with Crippen LogP contribution >= 0.6 is 11.6 Å². The Morgan fingerprint density at radius 1 is 1.17 bits per heavy atom. The second-order valence-corrected chi connectivity index (χ2v) is 9.11. The van der Waals surface area contributed by atoms with E-state index < -0.39 is 11.9 Å². The zero-order valence-electron chi connectivity index (χ0n) is 19.4. The van der Waals surface area contributed by atoms with Crippen molar-refractivity contribution in [2.24, 2.45) is 5.92 Å². The van der Waals surface area contributed by atoms with Crippen molar-refractivity contribution in [1.29, 1.82) is 0 Å². The van der Waals surface area contributed by atoms with E-state index in [2.05, 4.69) is 15.8 Å². The van der Waals surface area contributed by atoms with Gasteiger partial charge in [0.05, 0.1) is 10.6 Å². The maximum atomic E-state index is 14.5. The van der Waals surface area contributed by atoms with Crippen LogP contribution in [0, 0.1) is 18.7 Å². The van der Waals surface area contributed by atoms with E-state index in [1.807, 2.05) is 30.3 Å². The van der Waals surface area contributed by atoms with Crippen molar-refractivity contribution in [3.8, 4) is 11.3 Å². The monoisotopic (exact) mass is 499 g/mol. The van der Waals surface area contributed by atoms with Gasteiger partial charge in [-0.25, -0.2) is 9.18 Å². The first-order valence-corrected chi connectivity index (χ1v) is 12.0. The largest absolute Gasteiger partial charge is 0.445 e. The zero-order valence-corrected chi connectivity index (χ0v) is 20.1. The maximum absolute atomic E-state index is 14.5. The normalized spacial score (nSPS) is 17.6. The third kappa shape index (κ3) is 6.19. The standard InChI is InChI=1S/C26H27ClFN3O4/c1-16-22(24(31-35-16)23-20(27)11-6-12-21(23)28)25(32)30-19-10-5-9-18(13-19)14-29-26(33)34-15-17-7-3-2-4-8-17/h2-4,6-8,11-12,18-19H,5,9-10,13-15H2,1H3,(H,29,33)(H,30,32). The highest BCUT2D eigenvalue weighted by Gasteiger charge is 2.29. The van der Waals surface area contributed by atoms with Crippen molar-refractivity contribution < 1.29 is 23.2 Å². The first-order chi connectivity index (χ1) is 16.9. The Hall–Kier alpha value is -3.39. The van der Waals surface area contributed by atoms with Crippen molar-refractivity contribution in [3.63, 3.8) is 0 Å². The van der Waals surface area contributed by atoms with Crippen LogP contribution in [-0.4, -0.2) is 29.7 Å². The third-order valence-electron chi connectivity index (χ3n) is 6.16. The Morgan fingerprint density at radius 2 is 1.97 bits per heavy atom. The van der Waals surface area contributed by atoms with E-state index in [9.17, 15) is 14.0 Å². The summed E-state index contributed by atoms with van der Waals surface area (Å²) < 4.78 is 24.9. The summed E-state index contributed by atoms with van der Waals surface area (Å²) in [6, 6.07) is 13.7. The molecule has 9 heteroatoms. The summed E-state index contributed by atoms with van der Waals surface area (Å²) in [6.07, 6.45) is 2.89. The van der Waals surface area contributed by atoms with Gasteiger partial charge < -0.3 is 19.9 Å². The summed E-state index contributed by atoms with van der Waals surface area (Å²) in [5.74, 6) is -0.490. The molecule has 1 aromatic heterocycles. The minimum atomic E-state index is -0.581. The number of nitrogens with zero attached hydrogens (tertiary/aromatic N) is 1. The van der Waals surface area contributed by atoms with Crippen LogP contribution in [0.4, 0.5) is 9.18 Å². The molecule has 2 atom stereocenters. The number of aryl methyl sites for hydroxylation is 1. The van der Waals surface area contributed by atoms with Gasteiger partial charge in [-0.3, -0.25) is 4.79 Å². The number of amides is 2. The molecular formula is C26H27ClFN3O4. The first-order valence-electron chi connectivity index (χ1n) is 11.6.